The van der Waals surface area contributed by atoms with Crippen molar-refractivity contribution in [1.82, 2.24) is 10.3 Å². The van der Waals surface area contributed by atoms with Gasteiger partial charge in [0.2, 0.25) is 0 Å². The van der Waals surface area contributed by atoms with E-state index >= 15 is 0 Å². The van der Waals surface area contributed by atoms with E-state index in [1.807, 2.05) is 24.4 Å². The number of nitrogens with one attached hydrogen (secondary N) is 2. The largest absolute Gasteiger partial charge is 0.361 e. The van der Waals surface area contributed by atoms with Gasteiger partial charge < -0.3 is 10.3 Å². The average molecular weight is 310 g/mol. The van der Waals surface area contributed by atoms with Crippen molar-refractivity contribution in [3.8, 4) is 0 Å². The summed E-state index contributed by atoms with van der Waals surface area (Å²) in [5.41, 5.74) is 2.19. The number of aromatic amines is 1. The number of carbonyl (C=O) groups is 1. The molecule has 1 aromatic heterocycles. The standard InChI is InChI=1S/C19H19FN2O/c1-19(2,12-22-18(23)13-6-4-3-5-7-13)16-11-21-17-10-14(20)8-9-15(16)17/h3-11,21H,12H2,1-2H3,(H,22,23). The van der Waals surface area contributed by atoms with Crippen LogP contribution in [0.25, 0.3) is 10.9 Å². The van der Waals surface area contributed by atoms with Gasteiger partial charge in [-0.25, -0.2) is 4.39 Å². The van der Waals surface area contributed by atoms with Gasteiger partial charge in [0, 0.05) is 34.6 Å². The number of amides is 1. The summed E-state index contributed by atoms with van der Waals surface area (Å²) >= 11 is 0. The summed E-state index contributed by atoms with van der Waals surface area (Å²) in [7, 11) is 0. The van der Waals surface area contributed by atoms with Crippen LogP contribution < -0.4 is 5.32 Å². The molecule has 4 heteroatoms. The van der Waals surface area contributed by atoms with Crippen molar-refractivity contribution >= 4 is 16.8 Å². The number of hydrogen-bond acceptors (Lipinski definition) is 1. The van der Waals surface area contributed by atoms with Crippen LogP contribution in [0, 0.1) is 5.82 Å². The number of halogens is 1. The molecular formula is C19H19FN2O. The monoisotopic (exact) mass is 310 g/mol. The molecule has 2 aromatic carbocycles. The van der Waals surface area contributed by atoms with E-state index in [0.29, 0.717) is 12.1 Å². The number of aromatic nitrogens is 1. The smallest absolute Gasteiger partial charge is 0.251 e. The van der Waals surface area contributed by atoms with Crippen LogP contribution in [-0.2, 0) is 5.41 Å². The minimum Gasteiger partial charge on any atom is -0.361 e. The van der Waals surface area contributed by atoms with Crippen LogP contribution in [0.5, 0.6) is 0 Å². The third-order valence-electron chi connectivity index (χ3n) is 4.10. The van der Waals surface area contributed by atoms with Gasteiger partial charge >= 0.3 is 0 Å². The highest BCUT2D eigenvalue weighted by Crippen LogP contribution is 2.30. The third kappa shape index (κ3) is 3.11. The highest BCUT2D eigenvalue weighted by Gasteiger charge is 2.25. The molecular weight excluding hydrogens is 291 g/mol. The molecule has 0 fully saturated rings. The zero-order valence-electron chi connectivity index (χ0n) is 13.2. The van der Waals surface area contributed by atoms with Crippen LogP contribution in [0.3, 0.4) is 0 Å². The average Bonchev–Trinajstić information content (AvgIpc) is 2.97. The Morgan fingerprint density at radius 2 is 1.91 bits per heavy atom. The van der Waals surface area contributed by atoms with E-state index < -0.39 is 0 Å². The molecule has 0 saturated heterocycles. The summed E-state index contributed by atoms with van der Waals surface area (Å²) < 4.78 is 13.3. The van der Waals surface area contributed by atoms with Crippen molar-refractivity contribution in [2.24, 2.45) is 0 Å². The summed E-state index contributed by atoms with van der Waals surface area (Å²) in [4.78, 5) is 15.3. The van der Waals surface area contributed by atoms with E-state index in [-0.39, 0.29) is 17.1 Å². The van der Waals surface area contributed by atoms with Gasteiger partial charge in [-0.2, -0.15) is 0 Å². The van der Waals surface area contributed by atoms with Gasteiger partial charge in [0.15, 0.2) is 0 Å². The van der Waals surface area contributed by atoms with Crippen molar-refractivity contribution in [3.63, 3.8) is 0 Å². The van der Waals surface area contributed by atoms with Crippen LogP contribution in [0.2, 0.25) is 0 Å². The molecule has 2 N–H and O–H groups in total. The lowest BCUT2D eigenvalue weighted by Crippen LogP contribution is -2.36. The van der Waals surface area contributed by atoms with Crippen LogP contribution in [-0.4, -0.2) is 17.4 Å². The van der Waals surface area contributed by atoms with Gasteiger partial charge in [0.05, 0.1) is 0 Å². The summed E-state index contributed by atoms with van der Waals surface area (Å²) in [6, 6.07) is 13.9. The molecule has 3 rings (SSSR count). The third-order valence-corrected chi connectivity index (χ3v) is 4.10. The maximum absolute atomic E-state index is 13.3. The summed E-state index contributed by atoms with van der Waals surface area (Å²) in [6.07, 6.45) is 1.89. The van der Waals surface area contributed by atoms with Crippen LogP contribution in [0.1, 0.15) is 29.8 Å². The SMILES string of the molecule is CC(C)(CNC(=O)c1ccccc1)c1c[nH]c2cc(F)ccc12. The van der Waals surface area contributed by atoms with Crippen molar-refractivity contribution in [2.45, 2.75) is 19.3 Å². The summed E-state index contributed by atoms with van der Waals surface area (Å²) in [5.74, 6) is -0.356. The van der Waals surface area contributed by atoms with E-state index in [4.69, 9.17) is 0 Å². The predicted octanol–water partition coefficient (Wildman–Crippen LogP) is 4.01. The summed E-state index contributed by atoms with van der Waals surface area (Å²) in [5, 5.41) is 3.95. The van der Waals surface area contributed by atoms with Crippen molar-refractivity contribution in [1.29, 1.82) is 0 Å². The fraction of sp³-hybridized carbons (Fsp3) is 0.211. The molecule has 0 aliphatic rings. The highest BCUT2D eigenvalue weighted by molar-refractivity contribution is 5.94. The molecule has 1 heterocycles. The van der Waals surface area contributed by atoms with Gasteiger partial charge in [-0.1, -0.05) is 32.0 Å². The van der Waals surface area contributed by atoms with E-state index in [0.717, 1.165) is 16.5 Å². The Hall–Kier alpha value is -2.62. The first kappa shape index (κ1) is 15.3. The van der Waals surface area contributed by atoms with Crippen molar-refractivity contribution < 1.29 is 9.18 Å². The summed E-state index contributed by atoms with van der Waals surface area (Å²) in [6.45, 7) is 4.61. The first-order valence-electron chi connectivity index (χ1n) is 7.58. The van der Waals surface area contributed by atoms with Gasteiger partial charge in [0.25, 0.3) is 5.91 Å². The zero-order chi connectivity index (χ0) is 16.4. The van der Waals surface area contributed by atoms with Crippen molar-refractivity contribution in [2.75, 3.05) is 6.54 Å². The van der Waals surface area contributed by atoms with E-state index in [1.54, 1.807) is 18.2 Å². The van der Waals surface area contributed by atoms with Crippen LogP contribution in [0.15, 0.2) is 54.7 Å². The van der Waals surface area contributed by atoms with Crippen LogP contribution >= 0.6 is 0 Å². The lowest BCUT2D eigenvalue weighted by Gasteiger charge is -2.25. The Morgan fingerprint density at radius 1 is 1.17 bits per heavy atom. The number of H-pyrrole nitrogens is 1. The van der Waals surface area contributed by atoms with Crippen molar-refractivity contribution in [3.05, 3.63) is 71.7 Å². The minimum atomic E-state index is -0.277. The Morgan fingerprint density at radius 3 is 2.65 bits per heavy atom. The molecule has 1 amide bonds. The molecule has 0 radical (unpaired) electrons. The number of fused-ring (bicyclic) bond motifs is 1. The lowest BCUT2D eigenvalue weighted by atomic mass is 9.84. The Bertz CT molecular complexity index is 837. The molecule has 0 atom stereocenters. The van der Waals surface area contributed by atoms with Gasteiger partial charge in [-0.05, 0) is 35.9 Å². The molecule has 3 aromatic rings. The molecule has 23 heavy (non-hydrogen) atoms. The number of benzene rings is 2. The molecule has 0 bridgehead atoms. The second-order valence-corrected chi connectivity index (χ2v) is 6.32. The number of rotatable bonds is 4. The number of carbonyl (C=O) groups excluding carboxylic acids is 1. The number of hydrogen-bond donors (Lipinski definition) is 2. The second-order valence-electron chi connectivity index (χ2n) is 6.32. The van der Waals surface area contributed by atoms with E-state index in [9.17, 15) is 9.18 Å². The Balaban J connectivity index is 1.79. The maximum atomic E-state index is 13.3. The topological polar surface area (TPSA) is 44.9 Å². The fourth-order valence-corrected chi connectivity index (χ4v) is 2.75. The lowest BCUT2D eigenvalue weighted by molar-refractivity contribution is 0.0946. The van der Waals surface area contributed by atoms with Gasteiger partial charge in [-0.15, -0.1) is 0 Å². The Kier molecular flexibility index (Phi) is 3.90. The molecule has 0 aliphatic carbocycles. The first-order chi connectivity index (χ1) is 11.0. The molecule has 0 spiro atoms. The highest BCUT2D eigenvalue weighted by atomic mass is 19.1. The predicted molar refractivity (Wildman–Crippen MR) is 90.1 cm³/mol. The molecule has 0 saturated carbocycles. The minimum absolute atomic E-state index is 0.0930. The van der Waals surface area contributed by atoms with Gasteiger partial charge in [-0.3, -0.25) is 4.79 Å². The Labute approximate surface area is 134 Å². The van der Waals surface area contributed by atoms with Crippen LogP contribution in [0.4, 0.5) is 4.39 Å². The second kappa shape index (κ2) is 5.88. The molecule has 0 unspecified atom stereocenters. The fourth-order valence-electron chi connectivity index (χ4n) is 2.75. The molecule has 0 aliphatic heterocycles. The molecule has 3 nitrogen and oxygen atoms in total. The quantitative estimate of drug-likeness (QED) is 0.751. The van der Waals surface area contributed by atoms with E-state index in [2.05, 4.69) is 24.1 Å². The first-order valence-corrected chi connectivity index (χ1v) is 7.58. The maximum Gasteiger partial charge on any atom is 0.251 e. The normalized spacial score (nSPS) is 11.6. The molecule has 118 valence electrons. The zero-order valence-corrected chi connectivity index (χ0v) is 13.2. The van der Waals surface area contributed by atoms with E-state index in [1.165, 1.54) is 12.1 Å². The van der Waals surface area contributed by atoms with Gasteiger partial charge in [0.1, 0.15) is 5.82 Å².